The maximum Gasteiger partial charge on any atom is 0.375 e. The first-order chi connectivity index (χ1) is 12.9. The number of likely N-dealkylation sites (N-methyl/N-ethyl adjacent to an activating group) is 1. The number of rotatable bonds is 11. The number of Topliss-reactive ketones (excluding diaryl/α,β-unsaturated/α-hetero) is 1. The first kappa shape index (κ1) is 26.1. The molecule has 0 aromatic carbocycles. The zero-order valence-electron chi connectivity index (χ0n) is 17.8. The monoisotopic (exact) mass is 416 g/mol. The molecule has 0 radical (unpaired) electrons. The number of carbonyl (C=O) groups excluding carboxylic acids is 5. The third-order valence-corrected chi connectivity index (χ3v) is 5.03. The smallest absolute Gasteiger partial charge is 0.375 e. The molecule has 1 atom stereocenters. The van der Waals surface area contributed by atoms with Crippen molar-refractivity contribution in [3.8, 4) is 0 Å². The molecule has 1 N–H and O–H groups in total. The number of nitrogens with zero attached hydrogens (tertiary/aromatic N) is 1. The minimum atomic E-state index is -1.06. The predicted octanol–water partition coefficient (Wildman–Crippen LogP) is 1.70. The van der Waals surface area contributed by atoms with Gasteiger partial charge in [-0.3, -0.25) is 19.2 Å². The summed E-state index contributed by atoms with van der Waals surface area (Å²) in [6, 6.07) is -0.952. The topological polar surface area (TPSA) is 110 Å². The van der Waals surface area contributed by atoms with E-state index in [1.807, 2.05) is 13.8 Å². The van der Waals surface area contributed by atoms with Gasteiger partial charge in [0, 0.05) is 24.3 Å². The number of amides is 2. The maximum atomic E-state index is 12.9. The lowest BCUT2D eigenvalue weighted by Crippen LogP contribution is -2.57. The SMILES string of the molecule is CCC(=O)NC(C(=O)N(CC)CC)C(C)(C)SC(=O)CC(=O)C(=O)OC(C)C. The second kappa shape index (κ2) is 11.8. The zero-order valence-corrected chi connectivity index (χ0v) is 18.6. The molecule has 0 saturated heterocycles. The Morgan fingerprint density at radius 3 is 2.00 bits per heavy atom. The number of nitrogens with one attached hydrogen (secondary N) is 1. The number of thioether (sulfide) groups is 1. The van der Waals surface area contributed by atoms with Crippen LogP contribution >= 0.6 is 11.8 Å². The van der Waals surface area contributed by atoms with Crippen LogP contribution in [0.25, 0.3) is 0 Å². The molecule has 0 heterocycles. The maximum absolute atomic E-state index is 12.9. The van der Waals surface area contributed by atoms with Gasteiger partial charge in [-0.1, -0.05) is 18.7 Å². The molecular weight excluding hydrogens is 384 g/mol. The van der Waals surface area contributed by atoms with Crippen LogP contribution in [0.5, 0.6) is 0 Å². The highest BCUT2D eigenvalue weighted by Crippen LogP contribution is 2.31. The summed E-state index contributed by atoms with van der Waals surface area (Å²) in [6.07, 6.45) is -0.903. The van der Waals surface area contributed by atoms with Crippen molar-refractivity contribution in [3.05, 3.63) is 0 Å². The second-order valence-corrected chi connectivity index (χ2v) is 8.71. The van der Waals surface area contributed by atoms with Gasteiger partial charge < -0.3 is 15.0 Å². The molecule has 0 aliphatic rings. The molecule has 28 heavy (non-hydrogen) atoms. The lowest BCUT2D eigenvalue weighted by molar-refractivity contribution is -0.157. The number of ketones is 1. The normalized spacial score (nSPS) is 12.3. The van der Waals surface area contributed by atoms with Crippen LogP contribution in [0, 0.1) is 0 Å². The van der Waals surface area contributed by atoms with Crippen LogP contribution in [-0.2, 0) is 28.7 Å². The van der Waals surface area contributed by atoms with Gasteiger partial charge in [0.15, 0.2) is 5.12 Å². The van der Waals surface area contributed by atoms with Gasteiger partial charge in [-0.05, 0) is 41.5 Å². The van der Waals surface area contributed by atoms with Gasteiger partial charge in [0.2, 0.25) is 17.6 Å². The summed E-state index contributed by atoms with van der Waals surface area (Å²) in [5.74, 6) is -2.62. The average molecular weight is 417 g/mol. The van der Waals surface area contributed by atoms with E-state index in [1.165, 1.54) is 0 Å². The van der Waals surface area contributed by atoms with Crippen molar-refractivity contribution in [1.29, 1.82) is 0 Å². The third-order valence-electron chi connectivity index (χ3n) is 3.90. The quantitative estimate of drug-likeness (QED) is 0.310. The van der Waals surface area contributed by atoms with Gasteiger partial charge in [0.1, 0.15) is 6.04 Å². The molecule has 8 nitrogen and oxygen atoms in total. The molecule has 0 aliphatic heterocycles. The zero-order chi connectivity index (χ0) is 22.1. The summed E-state index contributed by atoms with van der Waals surface area (Å²) in [5.41, 5.74) is 0. The number of ether oxygens (including phenoxy) is 1. The molecule has 9 heteroatoms. The van der Waals surface area contributed by atoms with Crippen molar-refractivity contribution in [1.82, 2.24) is 10.2 Å². The highest BCUT2D eigenvalue weighted by Gasteiger charge is 2.40. The molecule has 0 saturated carbocycles. The molecular formula is C19H32N2O6S. The van der Waals surface area contributed by atoms with Crippen molar-refractivity contribution >= 4 is 40.4 Å². The van der Waals surface area contributed by atoms with Crippen LogP contribution in [0.1, 0.15) is 61.3 Å². The van der Waals surface area contributed by atoms with Crippen LogP contribution in [0.15, 0.2) is 0 Å². The van der Waals surface area contributed by atoms with Crippen molar-refractivity contribution < 1.29 is 28.7 Å². The molecule has 2 amide bonds. The van der Waals surface area contributed by atoms with Crippen LogP contribution in [0.3, 0.4) is 0 Å². The van der Waals surface area contributed by atoms with Gasteiger partial charge in [0.25, 0.3) is 0 Å². The lowest BCUT2D eigenvalue weighted by atomic mass is 10.0. The summed E-state index contributed by atoms with van der Waals surface area (Å²) in [5, 5.41) is 2.11. The Balaban J connectivity index is 5.34. The fourth-order valence-electron chi connectivity index (χ4n) is 2.39. The summed E-state index contributed by atoms with van der Waals surface area (Å²) >= 11 is 0.764. The van der Waals surface area contributed by atoms with Crippen LogP contribution in [0.4, 0.5) is 0 Å². The van der Waals surface area contributed by atoms with Gasteiger partial charge in [-0.2, -0.15) is 0 Å². The van der Waals surface area contributed by atoms with Crippen LogP contribution < -0.4 is 5.32 Å². The molecule has 0 rings (SSSR count). The highest BCUT2D eigenvalue weighted by atomic mass is 32.2. The average Bonchev–Trinajstić information content (AvgIpc) is 2.58. The Morgan fingerprint density at radius 2 is 1.57 bits per heavy atom. The Morgan fingerprint density at radius 1 is 1.04 bits per heavy atom. The van der Waals surface area contributed by atoms with E-state index in [0.29, 0.717) is 13.1 Å². The fraction of sp³-hybridized carbons (Fsp3) is 0.737. The molecule has 0 bridgehead atoms. The third kappa shape index (κ3) is 8.41. The largest absolute Gasteiger partial charge is 0.457 e. The van der Waals surface area contributed by atoms with Gasteiger partial charge in [-0.25, -0.2) is 4.79 Å². The summed E-state index contributed by atoms with van der Waals surface area (Å²) < 4.78 is 3.76. The first-order valence-electron chi connectivity index (χ1n) is 9.43. The molecule has 0 aromatic rings. The fourth-order valence-corrected chi connectivity index (χ4v) is 3.45. The minimum Gasteiger partial charge on any atom is -0.457 e. The number of hydrogen-bond donors (Lipinski definition) is 1. The molecule has 1 unspecified atom stereocenters. The highest BCUT2D eigenvalue weighted by molar-refractivity contribution is 8.14. The molecule has 0 spiro atoms. The Kier molecular flexibility index (Phi) is 11.0. The van der Waals surface area contributed by atoms with Crippen molar-refractivity contribution in [2.75, 3.05) is 13.1 Å². The Bertz CT molecular complexity index is 599. The van der Waals surface area contributed by atoms with E-state index in [9.17, 15) is 24.0 Å². The summed E-state index contributed by atoms with van der Waals surface area (Å²) in [7, 11) is 0. The lowest BCUT2D eigenvalue weighted by Gasteiger charge is -2.35. The van der Waals surface area contributed by atoms with Crippen LogP contribution in [-0.4, -0.2) is 63.6 Å². The van der Waals surface area contributed by atoms with Gasteiger partial charge >= 0.3 is 5.97 Å². The van der Waals surface area contributed by atoms with E-state index in [2.05, 4.69) is 5.32 Å². The number of esters is 1. The van der Waals surface area contributed by atoms with E-state index >= 15 is 0 Å². The predicted molar refractivity (Wildman–Crippen MR) is 108 cm³/mol. The number of hydrogen-bond acceptors (Lipinski definition) is 7. The van der Waals surface area contributed by atoms with Crippen molar-refractivity contribution in [2.45, 2.75) is 78.2 Å². The van der Waals surface area contributed by atoms with Crippen LogP contribution in [0.2, 0.25) is 0 Å². The summed E-state index contributed by atoms with van der Waals surface area (Å²) in [4.78, 5) is 62.2. The Labute approximate surface area is 171 Å². The van der Waals surface area contributed by atoms with Gasteiger partial charge in [-0.15, -0.1) is 0 Å². The van der Waals surface area contributed by atoms with E-state index in [-0.39, 0.29) is 18.2 Å². The second-order valence-electron chi connectivity index (χ2n) is 7.00. The van der Waals surface area contributed by atoms with E-state index < -0.39 is 40.2 Å². The standard InChI is InChI=1S/C19H32N2O6S/c1-8-14(23)20-16(17(25)21(9-2)10-3)19(6,7)28-15(24)11-13(22)18(26)27-12(4)5/h12,16H,8-11H2,1-7H3,(H,20,23). The molecule has 0 aliphatic carbocycles. The molecule has 0 aromatic heterocycles. The summed E-state index contributed by atoms with van der Waals surface area (Å²) in [6.45, 7) is 12.7. The Hall–Kier alpha value is -1.90. The number of carbonyl (C=O) groups is 5. The van der Waals surface area contributed by atoms with E-state index in [1.54, 1.807) is 39.5 Å². The van der Waals surface area contributed by atoms with Crippen molar-refractivity contribution in [3.63, 3.8) is 0 Å². The van der Waals surface area contributed by atoms with E-state index in [0.717, 1.165) is 11.8 Å². The van der Waals surface area contributed by atoms with Gasteiger partial charge in [0.05, 0.1) is 12.5 Å². The molecule has 160 valence electrons. The molecule has 0 fully saturated rings. The first-order valence-corrected chi connectivity index (χ1v) is 10.2. The van der Waals surface area contributed by atoms with E-state index in [4.69, 9.17) is 4.74 Å². The van der Waals surface area contributed by atoms with Crippen molar-refractivity contribution in [2.24, 2.45) is 0 Å². The minimum absolute atomic E-state index is 0.191.